The summed E-state index contributed by atoms with van der Waals surface area (Å²) in [6.45, 7) is 6.71. The Balaban J connectivity index is 1.33. The molecule has 2 heterocycles. The zero-order valence-corrected chi connectivity index (χ0v) is 23.0. The molecule has 8 heteroatoms. The van der Waals surface area contributed by atoms with Crippen molar-refractivity contribution < 1.29 is 19.1 Å². The Bertz CT molecular complexity index is 1620. The SMILES string of the molecule is CCOC(=O)c1cn(C2CC2)c2c(C)c(-c3cnc(CNCC(=O)OCc4ccccc4)c(C)c3)ccc2c1=O. The molecular formula is C32H33N3O5. The van der Waals surface area contributed by atoms with Crippen molar-refractivity contribution in [3.63, 3.8) is 0 Å². The third kappa shape index (κ3) is 5.82. The predicted molar refractivity (Wildman–Crippen MR) is 153 cm³/mol. The van der Waals surface area contributed by atoms with Gasteiger partial charge in [-0.2, -0.15) is 0 Å². The molecule has 206 valence electrons. The van der Waals surface area contributed by atoms with E-state index < -0.39 is 5.97 Å². The number of nitrogens with zero attached hydrogens (tertiary/aromatic N) is 2. The Morgan fingerprint density at radius 3 is 2.55 bits per heavy atom. The summed E-state index contributed by atoms with van der Waals surface area (Å²) in [5, 5.41) is 3.63. The number of rotatable bonds is 10. The number of hydrogen-bond acceptors (Lipinski definition) is 7. The summed E-state index contributed by atoms with van der Waals surface area (Å²) in [4.78, 5) is 42.5. The topological polar surface area (TPSA) is 99.5 Å². The Morgan fingerprint density at radius 2 is 1.85 bits per heavy atom. The summed E-state index contributed by atoms with van der Waals surface area (Å²) in [6, 6.07) is 15.6. The van der Waals surface area contributed by atoms with Crippen LogP contribution in [0.3, 0.4) is 0 Å². The molecule has 1 aliphatic rings. The molecule has 0 amide bonds. The fraction of sp³-hybridized carbons (Fsp3) is 0.312. The molecule has 8 nitrogen and oxygen atoms in total. The average Bonchev–Trinajstić information content (AvgIpc) is 3.80. The molecule has 0 atom stereocenters. The van der Waals surface area contributed by atoms with Crippen molar-refractivity contribution in [1.82, 2.24) is 14.9 Å². The average molecular weight is 540 g/mol. The first-order valence-electron chi connectivity index (χ1n) is 13.6. The van der Waals surface area contributed by atoms with Crippen LogP contribution in [0, 0.1) is 13.8 Å². The number of esters is 2. The summed E-state index contributed by atoms with van der Waals surface area (Å²) in [5.74, 6) is -0.906. The van der Waals surface area contributed by atoms with Gasteiger partial charge in [0.2, 0.25) is 5.43 Å². The second-order valence-electron chi connectivity index (χ2n) is 10.1. The lowest BCUT2D eigenvalue weighted by Gasteiger charge is -2.17. The molecule has 2 aromatic heterocycles. The minimum Gasteiger partial charge on any atom is -0.462 e. The van der Waals surface area contributed by atoms with Gasteiger partial charge in [-0.05, 0) is 68.0 Å². The van der Waals surface area contributed by atoms with Gasteiger partial charge in [-0.15, -0.1) is 0 Å². The highest BCUT2D eigenvalue weighted by Gasteiger charge is 2.28. The van der Waals surface area contributed by atoms with Crippen molar-refractivity contribution in [2.75, 3.05) is 13.2 Å². The predicted octanol–water partition coefficient (Wildman–Crippen LogP) is 5.02. The van der Waals surface area contributed by atoms with Gasteiger partial charge in [0.15, 0.2) is 0 Å². The number of hydrogen-bond donors (Lipinski definition) is 1. The van der Waals surface area contributed by atoms with E-state index in [1.807, 2.05) is 56.4 Å². The van der Waals surface area contributed by atoms with Gasteiger partial charge < -0.3 is 19.4 Å². The van der Waals surface area contributed by atoms with Gasteiger partial charge in [0.05, 0.1) is 24.4 Å². The Kier molecular flexibility index (Phi) is 8.07. The molecule has 5 rings (SSSR count). The van der Waals surface area contributed by atoms with Crippen molar-refractivity contribution >= 4 is 22.8 Å². The maximum atomic E-state index is 13.2. The van der Waals surface area contributed by atoms with Crippen molar-refractivity contribution in [1.29, 1.82) is 0 Å². The lowest BCUT2D eigenvalue weighted by atomic mass is 9.96. The summed E-state index contributed by atoms with van der Waals surface area (Å²) >= 11 is 0. The minimum absolute atomic E-state index is 0.0757. The monoisotopic (exact) mass is 539 g/mol. The van der Waals surface area contributed by atoms with Gasteiger partial charge in [-0.25, -0.2) is 4.79 Å². The summed E-state index contributed by atoms with van der Waals surface area (Å²) in [6.07, 6.45) is 5.50. The van der Waals surface area contributed by atoms with Crippen LogP contribution in [0.25, 0.3) is 22.0 Å². The van der Waals surface area contributed by atoms with Crippen LogP contribution >= 0.6 is 0 Å². The van der Waals surface area contributed by atoms with E-state index in [1.54, 1.807) is 19.2 Å². The highest BCUT2D eigenvalue weighted by Crippen LogP contribution is 2.39. The van der Waals surface area contributed by atoms with Crippen LogP contribution in [0.1, 0.15) is 58.5 Å². The van der Waals surface area contributed by atoms with E-state index >= 15 is 0 Å². The molecule has 0 bridgehead atoms. The summed E-state index contributed by atoms with van der Waals surface area (Å²) in [5.41, 5.74) is 6.26. The third-order valence-electron chi connectivity index (χ3n) is 7.18. The first-order valence-corrected chi connectivity index (χ1v) is 13.6. The molecule has 1 fully saturated rings. The van der Waals surface area contributed by atoms with Crippen LogP contribution < -0.4 is 10.7 Å². The number of pyridine rings is 2. The normalized spacial score (nSPS) is 12.9. The number of ether oxygens (including phenoxy) is 2. The van der Waals surface area contributed by atoms with Crippen LogP contribution in [-0.4, -0.2) is 34.6 Å². The fourth-order valence-corrected chi connectivity index (χ4v) is 4.94. The first-order chi connectivity index (χ1) is 19.4. The number of fused-ring (bicyclic) bond motifs is 1. The van der Waals surface area contributed by atoms with Crippen molar-refractivity contribution in [2.45, 2.75) is 52.8 Å². The lowest BCUT2D eigenvalue weighted by Crippen LogP contribution is -2.25. The van der Waals surface area contributed by atoms with Crippen LogP contribution in [0.5, 0.6) is 0 Å². The number of carbonyl (C=O) groups is 2. The molecule has 0 saturated heterocycles. The van der Waals surface area contributed by atoms with Gasteiger partial charge in [-0.3, -0.25) is 14.6 Å². The van der Waals surface area contributed by atoms with Crippen LogP contribution in [0.4, 0.5) is 0 Å². The highest BCUT2D eigenvalue weighted by molar-refractivity contribution is 5.96. The largest absolute Gasteiger partial charge is 0.462 e. The number of nitrogens with one attached hydrogen (secondary N) is 1. The van der Waals surface area contributed by atoms with E-state index in [0.29, 0.717) is 11.9 Å². The van der Waals surface area contributed by atoms with Crippen LogP contribution in [0.2, 0.25) is 0 Å². The second kappa shape index (κ2) is 11.8. The van der Waals surface area contributed by atoms with E-state index in [-0.39, 0.29) is 42.8 Å². The molecule has 1 N–H and O–H groups in total. The Morgan fingerprint density at radius 1 is 1.07 bits per heavy atom. The van der Waals surface area contributed by atoms with Gasteiger partial charge >= 0.3 is 11.9 Å². The molecule has 0 unspecified atom stereocenters. The van der Waals surface area contributed by atoms with Gasteiger partial charge in [0.25, 0.3) is 0 Å². The first kappa shape index (κ1) is 27.3. The van der Waals surface area contributed by atoms with Gasteiger partial charge in [-0.1, -0.05) is 36.4 Å². The Labute approximate surface area is 233 Å². The number of carbonyl (C=O) groups excluding carboxylic acids is 2. The molecule has 0 spiro atoms. The third-order valence-corrected chi connectivity index (χ3v) is 7.18. The zero-order chi connectivity index (χ0) is 28.2. The zero-order valence-electron chi connectivity index (χ0n) is 23.0. The molecule has 40 heavy (non-hydrogen) atoms. The van der Waals surface area contributed by atoms with E-state index in [4.69, 9.17) is 9.47 Å². The molecule has 1 aliphatic carbocycles. The smallest absolute Gasteiger partial charge is 0.343 e. The van der Waals surface area contributed by atoms with E-state index in [0.717, 1.165) is 51.9 Å². The van der Waals surface area contributed by atoms with E-state index in [2.05, 4.69) is 20.9 Å². The molecular weight excluding hydrogens is 506 g/mol. The lowest BCUT2D eigenvalue weighted by molar-refractivity contribution is -0.143. The summed E-state index contributed by atoms with van der Waals surface area (Å²) in [7, 11) is 0. The summed E-state index contributed by atoms with van der Waals surface area (Å²) < 4.78 is 12.5. The van der Waals surface area contributed by atoms with Crippen molar-refractivity contribution in [3.8, 4) is 11.1 Å². The maximum Gasteiger partial charge on any atom is 0.343 e. The second-order valence-corrected chi connectivity index (χ2v) is 10.1. The molecule has 2 aromatic carbocycles. The number of benzene rings is 2. The molecule has 4 aromatic rings. The molecule has 0 aliphatic heterocycles. The van der Waals surface area contributed by atoms with Crippen LogP contribution in [-0.2, 0) is 27.4 Å². The molecule has 0 radical (unpaired) electrons. The molecule has 1 saturated carbocycles. The van der Waals surface area contributed by atoms with Crippen LogP contribution in [0.15, 0.2) is 65.7 Å². The van der Waals surface area contributed by atoms with E-state index in [9.17, 15) is 14.4 Å². The van der Waals surface area contributed by atoms with Gasteiger partial charge in [0, 0.05) is 35.9 Å². The highest BCUT2D eigenvalue weighted by atomic mass is 16.5. The van der Waals surface area contributed by atoms with Gasteiger partial charge in [0.1, 0.15) is 12.2 Å². The standard InChI is InChI=1S/C32H33N3O5/c1-4-39-32(38)27-18-35(24-10-11-24)30-21(3)25(12-13-26(30)31(27)37)23-14-20(2)28(34-15-23)16-33-17-29(36)40-19-22-8-6-5-7-9-22/h5-9,12-15,18,24,33H,4,10-11,16-17,19H2,1-3H3. The Hall–Kier alpha value is -4.30. The maximum absolute atomic E-state index is 13.2. The number of aromatic nitrogens is 2. The minimum atomic E-state index is -0.584. The fourth-order valence-electron chi connectivity index (χ4n) is 4.94. The van der Waals surface area contributed by atoms with Crippen molar-refractivity contribution in [2.24, 2.45) is 0 Å². The van der Waals surface area contributed by atoms with Crippen molar-refractivity contribution in [3.05, 3.63) is 99.1 Å². The quantitative estimate of drug-likeness (QED) is 0.282. The number of aryl methyl sites for hydroxylation is 2. The van der Waals surface area contributed by atoms with E-state index in [1.165, 1.54) is 0 Å².